The molecule has 3 nitrogen and oxygen atoms in total. The van der Waals surface area contributed by atoms with E-state index in [0.717, 1.165) is 12.1 Å². The Bertz CT molecular complexity index is 612. The summed E-state index contributed by atoms with van der Waals surface area (Å²) in [6.45, 7) is -0.153. The van der Waals surface area contributed by atoms with E-state index in [2.05, 4.69) is 0 Å². The summed E-state index contributed by atoms with van der Waals surface area (Å²) in [5.74, 6) is 0.524. The van der Waals surface area contributed by atoms with Crippen LogP contribution in [0.5, 0.6) is 11.5 Å². The first kappa shape index (κ1) is 14.2. The number of benzene rings is 2. The number of hydrogen-bond donors (Lipinski definition) is 2. The van der Waals surface area contributed by atoms with Gasteiger partial charge >= 0.3 is 6.18 Å². The minimum Gasteiger partial charge on any atom is -0.455 e. The lowest BCUT2D eigenvalue weighted by Crippen LogP contribution is -2.06. The van der Waals surface area contributed by atoms with E-state index < -0.39 is 11.7 Å². The summed E-state index contributed by atoms with van der Waals surface area (Å²) in [7, 11) is 0. The first-order chi connectivity index (χ1) is 9.40. The Morgan fingerprint density at radius 3 is 2.45 bits per heavy atom. The lowest BCUT2D eigenvalue weighted by molar-refractivity contribution is -0.137. The molecule has 0 heterocycles. The van der Waals surface area contributed by atoms with Crippen molar-refractivity contribution in [1.82, 2.24) is 0 Å². The van der Waals surface area contributed by atoms with Crippen molar-refractivity contribution in [3.05, 3.63) is 53.6 Å². The average Bonchev–Trinajstić information content (AvgIpc) is 2.40. The van der Waals surface area contributed by atoms with Crippen LogP contribution in [0.1, 0.15) is 11.1 Å². The summed E-state index contributed by atoms with van der Waals surface area (Å²) in [6.07, 6.45) is -4.44. The van der Waals surface area contributed by atoms with Gasteiger partial charge in [0.2, 0.25) is 0 Å². The predicted molar refractivity (Wildman–Crippen MR) is 68.3 cm³/mol. The first-order valence-corrected chi connectivity index (χ1v) is 5.74. The van der Waals surface area contributed by atoms with Gasteiger partial charge in [-0.3, -0.25) is 0 Å². The highest BCUT2D eigenvalue weighted by molar-refractivity contribution is 5.56. The van der Waals surface area contributed by atoms with Crippen LogP contribution in [0.3, 0.4) is 0 Å². The van der Waals surface area contributed by atoms with Crippen LogP contribution in [0.4, 0.5) is 18.9 Å². The van der Waals surface area contributed by atoms with Gasteiger partial charge in [0.15, 0.2) is 0 Å². The second-order valence-electron chi connectivity index (χ2n) is 4.16. The molecule has 2 aromatic rings. The van der Waals surface area contributed by atoms with Gasteiger partial charge in [0.1, 0.15) is 11.5 Å². The Hall–Kier alpha value is -2.21. The molecule has 0 aliphatic heterocycles. The van der Waals surface area contributed by atoms with E-state index in [1.165, 1.54) is 6.07 Å². The number of alkyl halides is 3. The summed E-state index contributed by atoms with van der Waals surface area (Å²) >= 11 is 0. The van der Waals surface area contributed by atoms with E-state index in [9.17, 15) is 13.2 Å². The van der Waals surface area contributed by atoms with Crippen molar-refractivity contribution < 1.29 is 23.0 Å². The molecule has 3 N–H and O–H groups in total. The molecular weight excluding hydrogens is 271 g/mol. The molecule has 0 amide bonds. The van der Waals surface area contributed by atoms with Gasteiger partial charge in [-0.05, 0) is 35.9 Å². The molecule has 0 spiro atoms. The minimum absolute atomic E-state index is 0.103. The van der Waals surface area contributed by atoms with Crippen molar-refractivity contribution in [2.75, 3.05) is 5.73 Å². The summed E-state index contributed by atoms with van der Waals surface area (Å²) in [5.41, 5.74) is 5.26. The number of nitrogen functional groups attached to an aromatic ring is 1. The number of ether oxygens (including phenoxy) is 1. The van der Waals surface area contributed by atoms with Gasteiger partial charge in [-0.1, -0.05) is 12.1 Å². The molecule has 0 atom stereocenters. The van der Waals surface area contributed by atoms with Gasteiger partial charge in [-0.15, -0.1) is 0 Å². The van der Waals surface area contributed by atoms with E-state index in [1.54, 1.807) is 24.3 Å². The zero-order valence-corrected chi connectivity index (χ0v) is 10.3. The van der Waals surface area contributed by atoms with Crippen molar-refractivity contribution in [1.29, 1.82) is 0 Å². The average molecular weight is 283 g/mol. The Morgan fingerprint density at radius 1 is 1.10 bits per heavy atom. The maximum absolute atomic E-state index is 12.5. The summed E-state index contributed by atoms with van der Waals surface area (Å²) in [5, 5.41) is 9.00. The highest BCUT2D eigenvalue weighted by atomic mass is 19.4. The summed E-state index contributed by atoms with van der Waals surface area (Å²) < 4.78 is 42.9. The van der Waals surface area contributed by atoms with Crippen LogP contribution in [-0.2, 0) is 12.8 Å². The van der Waals surface area contributed by atoms with Crippen molar-refractivity contribution in [2.45, 2.75) is 12.8 Å². The van der Waals surface area contributed by atoms with E-state index in [-0.39, 0.29) is 18.0 Å². The molecule has 2 aromatic carbocycles. The third kappa shape index (κ3) is 3.21. The Morgan fingerprint density at radius 2 is 1.85 bits per heavy atom. The molecule has 0 aromatic heterocycles. The molecule has 0 bridgehead atoms. The van der Waals surface area contributed by atoms with Gasteiger partial charge < -0.3 is 15.6 Å². The number of rotatable bonds is 3. The van der Waals surface area contributed by atoms with Gasteiger partial charge in [-0.2, -0.15) is 13.2 Å². The normalized spacial score (nSPS) is 11.4. The monoisotopic (exact) mass is 283 g/mol. The molecule has 20 heavy (non-hydrogen) atoms. The van der Waals surface area contributed by atoms with E-state index in [0.29, 0.717) is 11.3 Å². The van der Waals surface area contributed by atoms with Crippen molar-refractivity contribution in [2.24, 2.45) is 0 Å². The first-order valence-electron chi connectivity index (χ1n) is 5.74. The van der Waals surface area contributed by atoms with Gasteiger partial charge in [-0.25, -0.2) is 0 Å². The molecule has 0 aliphatic rings. The van der Waals surface area contributed by atoms with Gasteiger partial charge in [0, 0.05) is 0 Å². The van der Waals surface area contributed by atoms with E-state index in [1.807, 2.05) is 0 Å². The standard InChI is InChI=1S/C14H12F3NO2/c15-14(16,17)10-4-5-13(12(18)7-10)20-11-3-1-2-9(6-11)8-19/h1-7,19H,8,18H2. The Balaban J connectivity index is 2.25. The van der Waals surface area contributed by atoms with Crippen LogP contribution in [-0.4, -0.2) is 5.11 Å². The number of nitrogens with two attached hydrogens (primary N) is 1. The molecule has 0 fully saturated rings. The lowest BCUT2D eigenvalue weighted by atomic mass is 10.2. The zero-order chi connectivity index (χ0) is 14.8. The van der Waals surface area contributed by atoms with Crippen LogP contribution >= 0.6 is 0 Å². The molecule has 0 unspecified atom stereocenters. The maximum Gasteiger partial charge on any atom is 0.416 e. The maximum atomic E-state index is 12.5. The largest absolute Gasteiger partial charge is 0.455 e. The van der Waals surface area contributed by atoms with Crippen LogP contribution in [0.25, 0.3) is 0 Å². The molecule has 106 valence electrons. The van der Waals surface area contributed by atoms with Gasteiger partial charge in [0.25, 0.3) is 0 Å². The minimum atomic E-state index is -4.44. The van der Waals surface area contributed by atoms with Gasteiger partial charge in [0.05, 0.1) is 17.9 Å². The number of hydrogen-bond acceptors (Lipinski definition) is 3. The Kier molecular flexibility index (Phi) is 3.85. The number of aliphatic hydroxyl groups is 1. The third-order valence-electron chi connectivity index (χ3n) is 2.65. The van der Waals surface area contributed by atoms with E-state index >= 15 is 0 Å². The van der Waals surface area contributed by atoms with Crippen LogP contribution in [0, 0.1) is 0 Å². The Labute approximate surface area is 113 Å². The quantitative estimate of drug-likeness (QED) is 0.847. The molecule has 0 saturated carbocycles. The highest BCUT2D eigenvalue weighted by Gasteiger charge is 2.30. The summed E-state index contributed by atoms with van der Waals surface area (Å²) in [6, 6.07) is 9.47. The van der Waals surface area contributed by atoms with Crippen molar-refractivity contribution in [3.63, 3.8) is 0 Å². The highest BCUT2D eigenvalue weighted by Crippen LogP contribution is 2.35. The van der Waals surface area contributed by atoms with Crippen molar-refractivity contribution >= 4 is 5.69 Å². The summed E-state index contributed by atoms with van der Waals surface area (Å²) in [4.78, 5) is 0. The fourth-order valence-corrected chi connectivity index (χ4v) is 1.65. The SMILES string of the molecule is Nc1cc(C(F)(F)F)ccc1Oc1cccc(CO)c1. The predicted octanol–water partition coefficient (Wildman–Crippen LogP) is 3.57. The van der Waals surface area contributed by atoms with E-state index in [4.69, 9.17) is 15.6 Å². The number of halogens is 3. The number of aliphatic hydroxyl groups excluding tert-OH is 1. The van der Waals surface area contributed by atoms with Crippen LogP contribution in [0.15, 0.2) is 42.5 Å². The fraction of sp³-hybridized carbons (Fsp3) is 0.143. The van der Waals surface area contributed by atoms with Crippen molar-refractivity contribution in [3.8, 4) is 11.5 Å². The second-order valence-corrected chi connectivity index (χ2v) is 4.16. The molecule has 6 heteroatoms. The smallest absolute Gasteiger partial charge is 0.416 e. The molecule has 0 radical (unpaired) electrons. The number of anilines is 1. The molecule has 0 aliphatic carbocycles. The zero-order valence-electron chi connectivity index (χ0n) is 10.3. The molecule has 0 saturated heterocycles. The third-order valence-corrected chi connectivity index (χ3v) is 2.65. The fourth-order valence-electron chi connectivity index (χ4n) is 1.65. The van der Waals surface area contributed by atoms with Crippen LogP contribution in [0.2, 0.25) is 0 Å². The molecule has 2 rings (SSSR count). The van der Waals surface area contributed by atoms with Crippen LogP contribution < -0.4 is 10.5 Å². The second kappa shape index (κ2) is 5.42. The lowest BCUT2D eigenvalue weighted by Gasteiger charge is -2.12. The topological polar surface area (TPSA) is 55.5 Å². The molecular formula is C14H12F3NO2.